The molecule has 0 unspecified atom stereocenters. The van der Waals surface area contributed by atoms with E-state index in [1.54, 1.807) is 0 Å². The fourth-order valence-electron chi connectivity index (χ4n) is 1.20. The van der Waals surface area contributed by atoms with Gasteiger partial charge in [-0.1, -0.05) is 24.8 Å². The summed E-state index contributed by atoms with van der Waals surface area (Å²) in [5.74, 6) is 2.40. The molecule has 0 nitrogen and oxygen atoms in total. The molecule has 0 aromatic heterocycles. The van der Waals surface area contributed by atoms with Gasteiger partial charge in [-0.2, -0.15) is 11.8 Å². The Morgan fingerprint density at radius 1 is 1.45 bits per heavy atom. The third kappa shape index (κ3) is 2.26. The minimum absolute atomic E-state index is 1.14. The van der Waals surface area contributed by atoms with Crippen molar-refractivity contribution in [2.45, 2.75) is 13.3 Å². The molecule has 0 bridgehead atoms. The zero-order valence-electron chi connectivity index (χ0n) is 6.97. The summed E-state index contributed by atoms with van der Waals surface area (Å²) in [5.41, 5.74) is 2.89. The maximum Gasteiger partial charge on any atom is 0.0187 e. The van der Waals surface area contributed by atoms with Crippen LogP contribution in [0, 0.1) is 0 Å². The van der Waals surface area contributed by atoms with Gasteiger partial charge in [-0.25, -0.2) is 0 Å². The first-order valence-electron chi connectivity index (χ1n) is 3.93. The summed E-state index contributed by atoms with van der Waals surface area (Å²) in [7, 11) is 0. The summed E-state index contributed by atoms with van der Waals surface area (Å²) >= 11 is 1.99. The highest BCUT2D eigenvalue weighted by molar-refractivity contribution is 7.99. The third-order valence-corrected chi connectivity index (χ3v) is 2.81. The van der Waals surface area contributed by atoms with E-state index in [0.29, 0.717) is 0 Å². The Labute approximate surface area is 73.1 Å². The summed E-state index contributed by atoms with van der Waals surface area (Å²) in [6.07, 6.45) is 7.50. The van der Waals surface area contributed by atoms with Crippen molar-refractivity contribution in [1.82, 2.24) is 0 Å². The molecule has 0 radical (unpaired) electrons. The lowest BCUT2D eigenvalue weighted by atomic mass is 10.1. The van der Waals surface area contributed by atoms with Crippen LogP contribution in [0.15, 0.2) is 36.0 Å². The van der Waals surface area contributed by atoms with Crippen molar-refractivity contribution in [3.8, 4) is 0 Å². The Kier molecular flexibility index (Phi) is 3.50. The second-order valence-corrected chi connectivity index (χ2v) is 3.66. The Balaban J connectivity index is 2.81. The molecule has 0 spiro atoms. The highest BCUT2D eigenvalue weighted by Gasteiger charge is 2.06. The van der Waals surface area contributed by atoms with Crippen LogP contribution < -0.4 is 0 Å². The van der Waals surface area contributed by atoms with Crippen molar-refractivity contribution in [1.29, 1.82) is 0 Å². The van der Waals surface area contributed by atoms with E-state index < -0.39 is 0 Å². The quantitative estimate of drug-likeness (QED) is 0.607. The molecular formula is C10H14S. The van der Waals surface area contributed by atoms with Gasteiger partial charge < -0.3 is 0 Å². The van der Waals surface area contributed by atoms with Crippen molar-refractivity contribution < 1.29 is 0 Å². The normalized spacial score (nSPS) is 19.4. The molecule has 0 aromatic carbocycles. The van der Waals surface area contributed by atoms with Crippen molar-refractivity contribution >= 4 is 11.8 Å². The van der Waals surface area contributed by atoms with Gasteiger partial charge in [-0.3, -0.25) is 0 Å². The van der Waals surface area contributed by atoms with Crippen LogP contribution in [0.5, 0.6) is 0 Å². The molecule has 0 saturated carbocycles. The van der Waals surface area contributed by atoms with Gasteiger partial charge in [0.1, 0.15) is 0 Å². The van der Waals surface area contributed by atoms with Crippen LogP contribution in [0.4, 0.5) is 0 Å². The molecule has 0 aromatic rings. The average molecular weight is 166 g/mol. The van der Waals surface area contributed by atoms with Crippen molar-refractivity contribution in [2.24, 2.45) is 0 Å². The van der Waals surface area contributed by atoms with Crippen molar-refractivity contribution in [2.75, 3.05) is 11.5 Å². The molecule has 0 aliphatic carbocycles. The van der Waals surface area contributed by atoms with Crippen LogP contribution in [0.1, 0.15) is 13.3 Å². The minimum Gasteiger partial charge on any atom is -0.157 e. The minimum atomic E-state index is 1.14. The van der Waals surface area contributed by atoms with Crippen LogP contribution in [-0.4, -0.2) is 11.5 Å². The first kappa shape index (κ1) is 8.66. The molecule has 0 amide bonds. The third-order valence-electron chi connectivity index (χ3n) is 1.80. The predicted octanol–water partition coefficient (Wildman–Crippen LogP) is 3.18. The lowest BCUT2D eigenvalue weighted by molar-refractivity contribution is 1.11. The summed E-state index contributed by atoms with van der Waals surface area (Å²) in [6.45, 7) is 5.88. The molecule has 0 atom stereocenters. The Morgan fingerprint density at radius 3 is 2.91 bits per heavy atom. The lowest BCUT2D eigenvalue weighted by Crippen LogP contribution is -1.99. The molecule has 0 fully saturated rings. The van der Waals surface area contributed by atoms with Gasteiger partial charge in [0.25, 0.3) is 0 Å². The SMILES string of the molecule is C=CC1=C(/C=C\C)CCSC1. The number of hydrogen-bond donors (Lipinski definition) is 0. The van der Waals surface area contributed by atoms with Crippen LogP contribution in [0.25, 0.3) is 0 Å². The van der Waals surface area contributed by atoms with Gasteiger partial charge in [0.15, 0.2) is 0 Å². The molecule has 11 heavy (non-hydrogen) atoms. The van der Waals surface area contributed by atoms with E-state index in [9.17, 15) is 0 Å². The average Bonchev–Trinajstić information content (AvgIpc) is 2.06. The standard InChI is InChI=1S/C10H14S/c1-3-5-10-6-7-11-8-9(10)4-2/h3-5H,2,6-8H2,1H3/b5-3-. The zero-order valence-corrected chi connectivity index (χ0v) is 7.79. The van der Waals surface area contributed by atoms with Gasteiger partial charge in [0.05, 0.1) is 0 Å². The lowest BCUT2D eigenvalue weighted by Gasteiger charge is -2.14. The van der Waals surface area contributed by atoms with Crippen molar-refractivity contribution in [3.63, 3.8) is 0 Å². The van der Waals surface area contributed by atoms with Crippen LogP contribution in [-0.2, 0) is 0 Å². The topological polar surface area (TPSA) is 0 Å². The fraction of sp³-hybridized carbons (Fsp3) is 0.400. The summed E-state index contributed by atoms with van der Waals surface area (Å²) in [6, 6.07) is 0. The van der Waals surface area contributed by atoms with Crippen molar-refractivity contribution in [3.05, 3.63) is 36.0 Å². The molecule has 1 rings (SSSR count). The number of hydrogen-bond acceptors (Lipinski definition) is 1. The Morgan fingerprint density at radius 2 is 2.27 bits per heavy atom. The summed E-state index contributed by atoms with van der Waals surface area (Å²) < 4.78 is 0. The molecule has 1 heteroatoms. The van der Waals surface area contributed by atoms with E-state index in [0.717, 1.165) is 5.75 Å². The Bertz CT molecular complexity index is 199. The summed E-state index contributed by atoms with van der Waals surface area (Å²) in [4.78, 5) is 0. The van der Waals surface area contributed by atoms with E-state index in [4.69, 9.17) is 0 Å². The first-order chi connectivity index (χ1) is 5.38. The van der Waals surface area contributed by atoms with Gasteiger partial charge in [-0.15, -0.1) is 0 Å². The molecule has 0 N–H and O–H groups in total. The van der Waals surface area contributed by atoms with E-state index >= 15 is 0 Å². The van der Waals surface area contributed by atoms with Gasteiger partial charge in [0.2, 0.25) is 0 Å². The first-order valence-corrected chi connectivity index (χ1v) is 5.09. The summed E-state index contributed by atoms with van der Waals surface area (Å²) in [5, 5.41) is 0. The van der Waals surface area contributed by atoms with Crippen LogP contribution >= 0.6 is 11.8 Å². The van der Waals surface area contributed by atoms with E-state index in [1.165, 1.54) is 23.3 Å². The van der Waals surface area contributed by atoms with Gasteiger partial charge >= 0.3 is 0 Å². The fourth-order valence-corrected chi connectivity index (χ4v) is 2.23. The molecule has 0 saturated heterocycles. The predicted molar refractivity (Wildman–Crippen MR) is 54.0 cm³/mol. The maximum absolute atomic E-state index is 3.81. The van der Waals surface area contributed by atoms with Crippen LogP contribution in [0.3, 0.4) is 0 Å². The number of thioether (sulfide) groups is 1. The number of allylic oxidation sites excluding steroid dienone is 4. The van der Waals surface area contributed by atoms with Gasteiger partial charge in [-0.05, 0) is 30.2 Å². The second kappa shape index (κ2) is 4.45. The highest BCUT2D eigenvalue weighted by atomic mass is 32.2. The maximum atomic E-state index is 3.81. The van der Waals surface area contributed by atoms with E-state index in [1.807, 2.05) is 17.8 Å². The monoisotopic (exact) mass is 166 g/mol. The molecule has 1 aliphatic rings. The Hall–Kier alpha value is -0.430. The number of rotatable bonds is 2. The largest absolute Gasteiger partial charge is 0.157 e. The smallest absolute Gasteiger partial charge is 0.0187 e. The molecular weight excluding hydrogens is 152 g/mol. The van der Waals surface area contributed by atoms with Gasteiger partial charge in [0, 0.05) is 5.75 Å². The molecule has 1 aliphatic heterocycles. The zero-order chi connectivity index (χ0) is 8.10. The molecule has 1 heterocycles. The van der Waals surface area contributed by atoms with E-state index in [2.05, 4.69) is 25.7 Å². The molecule has 60 valence electrons. The highest BCUT2D eigenvalue weighted by Crippen LogP contribution is 2.24. The van der Waals surface area contributed by atoms with Crippen LogP contribution in [0.2, 0.25) is 0 Å². The van der Waals surface area contributed by atoms with E-state index in [-0.39, 0.29) is 0 Å². The second-order valence-electron chi connectivity index (χ2n) is 2.56.